The van der Waals surface area contributed by atoms with E-state index in [1.54, 1.807) is 24.3 Å². The number of methoxy groups -OCH3 is 1. The number of carbonyl (C=O) groups excluding carboxylic acids is 1. The first-order valence-corrected chi connectivity index (χ1v) is 5.98. The monoisotopic (exact) mass is 291 g/mol. The number of rotatable bonds is 3. The summed E-state index contributed by atoms with van der Waals surface area (Å²) in [7, 11) is 1.28. The third-order valence-electron chi connectivity index (χ3n) is 2.69. The van der Waals surface area contributed by atoms with E-state index in [0.29, 0.717) is 5.56 Å². The second kappa shape index (κ2) is 5.71. The van der Waals surface area contributed by atoms with Gasteiger partial charge >= 0.3 is 11.9 Å². The normalized spacial score (nSPS) is 10.1. The molecule has 2 aromatic rings. The molecule has 0 aliphatic rings. The Labute approximate surface area is 119 Å². The molecular formula is C14H10ClNO4. The Kier molecular flexibility index (Phi) is 4.00. The van der Waals surface area contributed by atoms with E-state index in [9.17, 15) is 9.59 Å². The number of nitrogens with zero attached hydrogens (tertiary/aromatic N) is 1. The van der Waals surface area contributed by atoms with E-state index >= 15 is 0 Å². The molecule has 0 saturated carbocycles. The number of aromatic carboxylic acids is 1. The number of esters is 1. The van der Waals surface area contributed by atoms with Gasteiger partial charge in [0, 0.05) is 11.8 Å². The summed E-state index contributed by atoms with van der Waals surface area (Å²) in [6.45, 7) is 0. The van der Waals surface area contributed by atoms with E-state index in [0.717, 1.165) is 5.56 Å². The molecule has 0 amide bonds. The molecule has 0 radical (unpaired) electrons. The molecule has 1 heterocycles. The molecule has 1 N–H and O–H groups in total. The third-order valence-corrected chi connectivity index (χ3v) is 3.00. The van der Waals surface area contributed by atoms with Crippen LogP contribution in [0.3, 0.4) is 0 Å². The lowest BCUT2D eigenvalue weighted by Gasteiger charge is -2.06. The van der Waals surface area contributed by atoms with Gasteiger partial charge in [-0.25, -0.2) is 14.6 Å². The Morgan fingerprint density at radius 2 is 1.90 bits per heavy atom. The van der Waals surface area contributed by atoms with Crippen LogP contribution >= 0.6 is 11.6 Å². The minimum atomic E-state index is -1.09. The number of hydrogen-bond acceptors (Lipinski definition) is 4. The molecule has 5 nitrogen and oxygen atoms in total. The van der Waals surface area contributed by atoms with Crippen LogP contribution in [0.15, 0.2) is 36.5 Å². The average molecular weight is 292 g/mol. The molecule has 20 heavy (non-hydrogen) atoms. The van der Waals surface area contributed by atoms with Crippen LogP contribution < -0.4 is 0 Å². The number of hydrogen-bond donors (Lipinski definition) is 1. The predicted octanol–water partition coefficient (Wildman–Crippen LogP) is 2.89. The van der Waals surface area contributed by atoms with Crippen LogP contribution in [0.2, 0.25) is 5.02 Å². The number of aromatic nitrogens is 1. The Morgan fingerprint density at radius 3 is 2.40 bits per heavy atom. The molecule has 0 aliphatic heterocycles. The highest BCUT2D eigenvalue weighted by Crippen LogP contribution is 2.25. The number of pyridine rings is 1. The summed E-state index contributed by atoms with van der Waals surface area (Å²) in [5, 5.41) is 9.04. The Bertz CT molecular complexity index is 667. The summed E-state index contributed by atoms with van der Waals surface area (Å²) in [5.41, 5.74) is 1.67. The van der Waals surface area contributed by atoms with Gasteiger partial charge in [-0.3, -0.25) is 0 Å². The van der Waals surface area contributed by atoms with Gasteiger partial charge in [-0.15, -0.1) is 0 Å². The zero-order valence-corrected chi connectivity index (χ0v) is 11.2. The van der Waals surface area contributed by atoms with Gasteiger partial charge in [0.15, 0.2) is 0 Å². The summed E-state index contributed by atoms with van der Waals surface area (Å²) < 4.78 is 4.60. The van der Waals surface area contributed by atoms with Crippen molar-refractivity contribution >= 4 is 23.5 Å². The van der Waals surface area contributed by atoms with Crippen molar-refractivity contribution in [1.29, 1.82) is 0 Å². The summed E-state index contributed by atoms with van der Waals surface area (Å²) >= 11 is 6.02. The van der Waals surface area contributed by atoms with Crippen LogP contribution in [-0.2, 0) is 4.74 Å². The molecule has 0 spiro atoms. The second-order valence-corrected chi connectivity index (χ2v) is 4.33. The van der Waals surface area contributed by atoms with Gasteiger partial charge in [0.1, 0.15) is 5.69 Å². The van der Waals surface area contributed by atoms with E-state index in [1.807, 2.05) is 0 Å². The number of carboxylic acid groups (broad SMARTS) is 1. The number of carbonyl (C=O) groups is 2. The molecule has 0 saturated heterocycles. The Hall–Kier alpha value is -2.40. The lowest BCUT2D eigenvalue weighted by atomic mass is 10.1. The van der Waals surface area contributed by atoms with Crippen molar-refractivity contribution in [2.24, 2.45) is 0 Å². The topological polar surface area (TPSA) is 76.5 Å². The van der Waals surface area contributed by atoms with Gasteiger partial charge in [0.2, 0.25) is 0 Å². The van der Waals surface area contributed by atoms with Gasteiger partial charge in [0.25, 0.3) is 0 Å². The fourth-order valence-electron chi connectivity index (χ4n) is 1.66. The Balaban J connectivity index is 2.36. The first-order valence-electron chi connectivity index (χ1n) is 5.60. The molecule has 2 rings (SSSR count). The van der Waals surface area contributed by atoms with Gasteiger partial charge in [-0.2, -0.15) is 0 Å². The molecule has 0 bridgehead atoms. The summed E-state index contributed by atoms with van der Waals surface area (Å²) in [6, 6.07) is 7.87. The predicted molar refractivity (Wildman–Crippen MR) is 73.0 cm³/mol. The van der Waals surface area contributed by atoms with E-state index in [2.05, 4.69) is 9.72 Å². The average Bonchev–Trinajstić information content (AvgIpc) is 2.46. The number of benzene rings is 1. The zero-order chi connectivity index (χ0) is 14.7. The van der Waals surface area contributed by atoms with E-state index < -0.39 is 11.9 Å². The third kappa shape index (κ3) is 2.78. The van der Waals surface area contributed by atoms with Crippen LogP contribution in [-0.4, -0.2) is 29.1 Å². The lowest BCUT2D eigenvalue weighted by Crippen LogP contribution is -2.02. The highest BCUT2D eigenvalue weighted by molar-refractivity contribution is 6.33. The fourth-order valence-corrected chi connectivity index (χ4v) is 1.92. The molecule has 1 aromatic carbocycles. The highest BCUT2D eigenvalue weighted by Gasteiger charge is 2.12. The van der Waals surface area contributed by atoms with E-state index in [4.69, 9.17) is 16.7 Å². The molecule has 0 unspecified atom stereocenters. The maximum absolute atomic E-state index is 11.4. The number of halogens is 1. The van der Waals surface area contributed by atoms with Gasteiger partial charge in [-0.1, -0.05) is 23.7 Å². The molecule has 0 fully saturated rings. The smallest absolute Gasteiger partial charge is 0.354 e. The van der Waals surface area contributed by atoms with Crippen LogP contribution in [0.1, 0.15) is 20.8 Å². The second-order valence-electron chi connectivity index (χ2n) is 3.92. The van der Waals surface area contributed by atoms with E-state index in [-0.39, 0.29) is 16.3 Å². The summed E-state index contributed by atoms with van der Waals surface area (Å²) in [4.78, 5) is 26.0. The summed E-state index contributed by atoms with van der Waals surface area (Å²) in [5.74, 6) is -1.60. The number of ether oxygens (including phenoxy) is 1. The molecule has 102 valence electrons. The van der Waals surface area contributed by atoms with E-state index in [1.165, 1.54) is 19.4 Å². The largest absolute Gasteiger partial charge is 0.477 e. The first kappa shape index (κ1) is 14.0. The maximum Gasteiger partial charge on any atom is 0.354 e. The molecule has 0 atom stereocenters. The molecule has 6 heteroatoms. The van der Waals surface area contributed by atoms with Crippen molar-refractivity contribution in [1.82, 2.24) is 4.98 Å². The molecule has 1 aromatic heterocycles. The highest BCUT2D eigenvalue weighted by atomic mass is 35.5. The van der Waals surface area contributed by atoms with Crippen molar-refractivity contribution in [2.75, 3.05) is 7.11 Å². The van der Waals surface area contributed by atoms with Crippen LogP contribution in [0.4, 0.5) is 0 Å². The SMILES string of the molecule is COC(=O)c1ccc(-c2ccc(C(=O)O)nc2)cc1Cl. The quantitative estimate of drug-likeness (QED) is 0.880. The maximum atomic E-state index is 11.4. The van der Waals surface area contributed by atoms with Crippen LogP contribution in [0.25, 0.3) is 11.1 Å². The van der Waals surface area contributed by atoms with Crippen LogP contribution in [0, 0.1) is 0 Å². The first-order chi connectivity index (χ1) is 9.52. The van der Waals surface area contributed by atoms with Crippen molar-refractivity contribution in [2.45, 2.75) is 0 Å². The molecule has 0 aliphatic carbocycles. The van der Waals surface area contributed by atoms with Gasteiger partial charge in [-0.05, 0) is 23.8 Å². The standard InChI is InChI=1S/C14H10ClNO4/c1-20-14(19)10-4-2-8(6-11(10)15)9-3-5-12(13(17)18)16-7-9/h2-7H,1H3,(H,17,18). The zero-order valence-electron chi connectivity index (χ0n) is 10.5. The minimum absolute atomic E-state index is 0.0361. The summed E-state index contributed by atoms with van der Waals surface area (Å²) in [6.07, 6.45) is 1.44. The van der Waals surface area contributed by atoms with Crippen molar-refractivity contribution < 1.29 is 19.4 Å². The van der Waals surface area contributed by atoms with Crippen molar-refractivity contribution in [3.63, 3.8) is 0 Å². The molecular weight excluding hydrogens is 282 g/mol. The minimum Gasteiger partial charge on any atom is -0.477 e. The van der Waals surface area contributed by atoms with Crippen molar-refractivity contribution in [3.05, 3.63) is 52.8 Å². The van der Waals surface area contributed by atoms with Gasteiger partial charge in [0.05, 0.1) is 17.7 Å². The van der Waals surface area contributed by atoms with Gasteiger partial charge < -0.3 is 9.84 Å². The lowest BCUT2D eigenvalue weighted by molar-refractivity contribution is 0.0600. The van der Waals surface area contributed by atoms with Crippen molar-refractivity contribution in [3.8, 4) is 11.1 Å². The number of carboxylic acids is 1. The Morgan fingerprint density at radius 1 is 1.20 bits per heavy atom. The fraction of sp³-hybridized carbons (Fsp3) is 0.0714. The van der Waals surface area contributed by atoms with Crippen LogP contribution in [0.5, 0.6) is 0 Å².